The second kappa shape index (κ2) is 10.8. The molecule has 154 valence electrons. The molecule has 7 heteroatoms. The molecule has 0 atom stereocenters. The number of ether oxygens (including phenoxy) is 3. The molecule has 0 bridgehead atoms. The third kappa shape index (κ3) is 7.29. The van der Waals surface area contributed by atoms with Gasteiger partial charge in [-0.2, -0.15) is 0 Å². The molecule has 0 aliphatic heterocycles. The van der Waals surface area contributed by atoms with E-state index in [-0.39, 0.29) is 12.2 Å². The van der Waals surface area contributed by atoms with Crippen LogP contribution in [-0.4, -0.2) is 24.6 Å². The van der Waals surface area contributed by atoms with Crippen LogP contribution in [0.5, 0.6) is 17.2 Å². The van der Waals surface area contributed by atoms with Crippen LogP contribution < -0.4 is 14.2 Å². The molecule has 0 spiro atoms. The summed E-state index contributed by atoms with van der Waals surface area (Å²) in [5.74, 6) is 1.42. The van der Waals surface area contributed by atoms with Crippen LogP contribution in [0.15, 0.2) is 48.7 Å². The normalized spacial score (nSPS) is 10.9. The number of hydrogen-bond donors (Lipinski definition) is 0. The Balaban J connectivity index is 1.82. The van der Waals surface area contributed by atoms with E-state index in [4.69, 9.17) is 14.2 Å². The van der Waals surface area contributed by atoms with Crippen LogP contribution in [0.2, 0.25) is 0 Å². The molecule has 0 fully saturated rings. The highest BCUT2D eigenvalue weighted by molar-refractivity contribution is 5.73. The minimum Gasteiger partial charge on any atom is -0.494 e. The van der Waals surface area contributed by atoms with Crippen LogP contribution in [0, 0.1) is 10.1 Å². The number of carbonyl (C=O) groups is 1. The van der Waals surface area contributed by atoms with Gasteiger partial charge in [-0.25, -0.2) is 0 Å². The molecular weight excluding hydrogens is 374 g/mol. The molecule has 2 aromatic rings. The molecular formula is C22H25NO6. The molecule has 0 heterocycles. The van der Waals surface area contributed by atoms with Gasteiger partial charge in [-0.15, -0.1) is 0 Å². The highest BCUT2D eigenvalue weighted by Crippen LogP contribution is 2.29. The molecule has 29 heavy (non-hydrogen) atoms. The summed E-state index contributed by atoms with van der Waals surface area (Å²) in [6.07, 6.45) is 2.86. The number of nitro groups is 1. The lowest BCUT2D eigenvalue weighted by Gasteiger charge is -2.11. The van der Waals surface area contributed by atoms with E-state index >= 15 is 0 Å². The van der Waals surface area contributed by atoms with Crippen molar-refractivity contribution in [3.8, 4) is 17.2 Å². The van der Waals surface area contributed by atoms with Crippen molar-refractivity contribution in [3.05, 3.63) is 69.9 Å². The Labute approximate surface area is 170 Å². The van der Waals surface area contributed by atoms with Gasteiger partial charge < -0.3 is 14.2 Å². The van der Waals surface area contributed by atoms with Gasteiger partial charge in [0, 0.05) is 12.5 Å². The minimum absolute atomic E-state index is 0.191. The van der Waals surface area contributed by atoms with Crippen molar-refractivity contribution in [2.45, 2.75) is 32.6 Å². The standard InChI is InChI=1S/C22H25NO6/c1-16(2)18-7-9-19(10-8-18)28-14-4-5-22(24)29-20-11-6-17(12-13-23(25)26)15-21(20)27-3/h6-13,15-16H,4-5,14H2,1-3H3/b13-12+. The van der Waals surface area contributed by atoms with Crippen LogP contribution in [-0.2, 0) is 4.79 Å². The van der Waals surface area contributed by atoms with E-state index in [0.29, 0.717) is 30.3 Å². The summed E-state index contributed by atoms with van der Waals surface area (Å²) in [4.78, 5) is 21.9. The van der Waals surface area contributed by atoms with Gasteiger partial charge in [0.2, 0.25) is 6.20 Å². The van der Waals surface area contributed by atoms with E-state index < -0.39 is 10.9 Å². The van der Waals surface area contributed by atoms with Crippen LogP contribution in [0.4, 0.5) is 0 Å². The minimum atomic E-state index is -0.554. The largest absolute Gasteiger partial charge is 0.494 e. The van der Waals surface area contributed by atoms with Gasteiger partial charge in [-0.05, 0) is 47.7 Å². The van der Waals surface area contributed by atoms with E-state index in [0.717, 1.165) is 11.9 Å². The number of methoxy groups -OCH3 is 1. The number of esters is 1. The zero-order valence-corrected chi connectivity index (χ0v) is 16.8. The van der Waals surface area contributed by atoms with Crippen LogP contribution in [0.1, 0.15) is 43.7 Å². The first-order valence-electron chi connectivity index (χ1n) is 9.32. The van der Waals surface area contributed by atoms with Crippen LogP contribution >= 0.6 is 0 Å². The van der Waals surface area contributed by atoms with Crippen molar-refractivity contribution in [3.63, 3.8) is 0 Å². The van der Waals surface area contributed by atoms with E-state index in [1.807, 2.05) is 24.3 Å². The van der Waals surface area contributed by atoms with Crippen molar-refractivity contribution >= 4 is 12.0 Å². The fourth-order valence-corrected chi connectivity index (χ4v) is 2.55. The average molecular weight is 399 g/mol. The van der Waals surface area contributed by atoms with E-state index in [1.165, 1.54) is 18.7 Å². The maximum absolute atomic E-state index is 12.1. The maximum atomic E-state index is 12.1. The molecule has 0 aromatic heterocycles. The van der Waals surface area contributed by atoms with Gasteiger partial charge in [0.25, 0.3) is 0 Å². The smallest absolute Gasteiger partial charge is 0.311 e. The van der Waals surface area contributed by atoms with Gasteiger partial charge in [-0.1, -0.05) is 32.0 Å². The van der Waals surface area contributed by atoms with Gasteiger partial charge >= 0.3 is 5.97 Å². The molecule has 2 rings (SSSR count). The Morgan fingerprint density at radius 2 is 1.86 bits per heavy atom. The predicted molar refractivity (Wildman–Crippen MR) is 110 cm³/mol. The molecule has 0 aliphatic carbocycles. The Morgan fingerprint density at radius 3 is 2.48 bits per heavy atom. The molecule has 7 nitrogen and oxygen atoms in total. The van der Waals surface area contributed by atoms with E-state index in [1.54, 1.807) is 18.2 Å². The quantitative estimate of drug-likeness (QED) is 0.187. The SMILES string of the molecule is COc1cc(/C=C/[N+](=O)[O-])ccc1OC(=O)CCCOc1ccc(C(C)C)cc1. The first-order valence-corrected chi connectivity index (χ1v) is 9.32. The molecule has 0 aliphatic rings. The van der Waals surface area contributed by atoms with E-state index in [2.05, 4.69) is 13.8 Å². The summed E-state index contributed by atoms with van der Waals surface area (Å²) in [7, 11) is 1.44. The summed E-state index contributed by atoms with van der Waals surface area (Å²) in [5.41, 5.74) is 1.81. The van der Waals surface area contributed by atoms with Crippen molar-refractivity contribution < 1.29 is 23.9 Å². The van der Waals surface area contributed by atoms with Crippen molar-refractivity contribution in [1.29, 1.82) is 0 Å². The molecule has 2 aromatic carbocycles. The number of rotatable bonds is 10. The fraction of sp³-hybridized carbons (Fsp3) is 0.318. The number of nitrogens with zero attached hydrogens (tertiary/aromatic N) is 1. The second-order valence-corrected chi connectivity index (χ2v) is 6.66. The molecule has 0 N–H and O–H groups in total. The zero-order valence-electron chi connectivity index (χ0n) is 16.8. The van der Waals surface area contributed by atoms with E-state index in [9.17, 15) is 14.9 Å². The van der Waals surface area contributed by atoms with Gasteiger partial charge in [0.15, 0.2) is 11.5 Å². The third-order valence-electron chi connectivity index (χ3n) is 4.14. The molecule has 0 radical (unpaired) electrons. The van der Waals surface area contributed by atoms with Crippen LogP contribution in [0.25, 0.3) is 6.08 Å². The second-order valence-electron chi connectivity index (χ2n) is 6.66. The topological polar surface area (TPSA) is 87.9 Å². The predicted octanol–water partition coefficient (Wildman–Crippen LogP) is 4.83. The summed E-state index contributed by atoms with van der Waals surface area (Å²) in [6.45, 7) is 4.67. The Kier molecular flexibility index (Phi) is 8.21. The Hall–Kier alpha value is -3.35. The van der Waals surface area contributed by atoms with Crippen LogP contribution in [0.3, 0.4) is 0 Å². The third-order valence-corrected chi connectivity index (χ3v) is 4.14. The Bertz CT molecular complexity index is 858. The maximum Gasteiger partial charge on any atom is 0.311 e. The number of hydrogen-bond acceptors (Lipinski definition) is 6. The molecule has 0 unspecified atom stereocenters. The lowest BCUT2D eigenvalue weighted by atomic mass is 10.0. The highest BCUT2D eigenvalue weighted by Gasteiger charge is 2.11. The van der Waals surface area contributed by atoms with Gasteiger partial charge in [-0.3, -0.25) is 14.9 Å². The fourth-order valence-electron chi connectivity index (χ4n) is 2.55. The summed E-state index contributed by atoms with van der Waals surface area (Å²) in [5, 5.41) is 10.4. The summed E-state index contributed by atoms with van der Waals surface area (Å²) < 4.78 is 16.2. The highest BCUT2D eigenvalue weighted by atomic mass is 16.6. The Morgan fingerprint density at radius 1 is 1.14 bits per heavy atom. The lowest BCUT2D eigenvalue weighted by molar-refractivity contribution is -0.400. The van der Waals surface area contributed by atoms with Crippen molar-refractivity contribution in [2.24, 2.45) is 0 Å². The molecule has 0 amide bonds. The number of benzene rings is 2. The molecule has 0 saturated carbocycles. The van der Waals surface area contributed by atoms with Gasteiger partial charge in [0.1, 0.15) is 5.75 Å². The average Bonchev–Trinajstić information content (AvgIpc) is 2.70. The summed E-state index contributed by atoms with van der Waals surface area (Å²) >= 11 is 0. The molecule has 0 saturated heterocycles. The zero-order chi connectivity index (χ0) is 21.2. The lowest BCUT2D eigenvalue weighted by Crippen LogP contribution is -2.10. The summed E-state index contributed by atoms with van der Waals surface area (Å²) in [6, 6.07) is 12.6. The first-order chi connectivity index (χ1) is 13.9. The van der Waals surface area contributed by atoms with Crippen molar-refractivity contribution in [2.75, 3.05) is 13.7 Å². The number of carbonyl (C=O) groups excluding carboxylic acids is 1. The monoisotopic (exact) mass is 399 g/mol. The first kappa shape index (κ1) is 21.9. The van der Waals surface area contributed by atoms with Crippen molar-refractivity contribution in [1.82, 2.24) is 0 Å². The van der Waals surface area contributed by atoms with Gasteiger partial charge in [0.05, 0.1) is 18.6 Å².